The molecule has 1 N–H and O–H groups in total. The first-order valence-corrected chi connectivity index (χ1v) is 12.3. The molecule has 1 saturated heterocycles. The lowest BCUT2D eigenvalue weighted by molar-refractivity contribution is -0.132. The van der Waals surface area contributed by atoms with Crippen LogP contribution in [0, 0.1) is 6.92 Å². The number of hydrogen-bond donors (Lipinski definition) is 1. The van der Waals surface area contributed by atoms with Crippen molar-refractivity contribution >= 4 is 23.9 Å². The van der Waals surface area contributed by atoms with Crippen LogP contribution >= 0.6 is 0 Å². The van der Waals surface area contributed by atoms with E-state index in [1.807, 2.05) is 31.2 Å². The van der Waals surface area contributed by atoms with E-state index in [0.717, 1.165) is 48.8 Å². The molecule has 188 valence electrons. The molecule has 36 heavy (non-hydrogen) atoms. The molecule has 1 saturated carbocycles. The van der Waals surface area contributed by atoms with Gasteiger partial charge in [0.2, 0.25) is 0 Å². The van der Waals surface area contributed by atoms with Gasteiger partial charge in [-0.2, -0.15) is 0 Å². The van der Waals surface area contributed by atoms with Crippen molar-refractivity contribution in [2.75, 3.05) is 7.11 Å². The highest BCUT2D eigenvalue weighted by atomic mass is 16.5. The monoisotopic (exact) mass is 488 g/mol. The van der Waals surface area contributed by atoms with Crippen LogP contribution in [0.25, 0.3) is 6.08 Å². The number of aryl methyl sites for hydroxylation is 1. The summed E-state index contributed by atoms with van der Waals surface area (Å²) in [7, 11) is 1.55. The van der Waals surface area contributed by atoms with Gasteiger partial charge in [-0.05, 0) is 55.5 Å². The Kier molecular flexibility index (Phi) is 7.88. The largest absolute Gasteiger partial charge is 0.493 e. The van der Waals surface area contributed by atoms with Crippen molar-refractivity contribution in [1.29, 1.82) is 0 Å². The quantitative estimate of drug-likeness (QED) is 0.317. The van der Waals surface area contributed by atoms with Crippen molar-refractivity contribution in [3.63, 3.8) is 0 Å². The Labute approximate surface area is 211 Å². The van der Waals surface area contributed by atoms with Crippen LogP contribution in [0.5, 0.6) is 11.5 Å². The molecule has 2 aliphatic rings. The Morgan fingerprint density at radius 1 is 1.11 bits per heavy atom. The number of ether oxygens (including phenoxy) is 2. The molecule has 0 aromatic heterocycles. The van der Waals surface area contributed by atoms with Gasteiger partial charge in [0.1, 0.15) is 12.2 Å². The summed E-state index contributed by atoms with van der Waals surface area (Å²) in [5, 5.41) is 2.34. The fourth-order valence-electron chi connectivity index (χ4n) is 4.86. The fourth-order valence-corrected chi connectivity index (χ4v) is 4.86. The van der Waals surface area contributed by atoms with Crippen LogP contribution in [-0.4, -0.2) is 35.9 Å². The van der Waals surface area contributed by atoms with Gasteiger partial charge in [0.15, 0.2) is 11.5 Å². The predicted octanol–water partition coefficient (Wildman–Crippen LogP) is 5.11. The number of imide groups is 2. The summed E-state index contributed by atoms with van der Waals surface area (Å²) < 4.78 is 11.8. The molecule has 1 aliphatic heterocycles. The second-order valence-corrected chi connectivity index (χ2v) is 9.27. The Balaban J connectivity index is 1.66. The van der Waals surface area contributed by atoms with E-state index in [2.05, 4.69) is 18.0 Å². The minimum Gasteiger partial charge on any atom is -0.493 e. The normalized spacial score (nSPS) is 17.8. The number of nitrogens with one attached hydrogen (secondary N) is 1. The number of rotatable bonds is 8. The number of allylic oxidation sites excluding steroid dienone is 1. The molecule has 7 nitrogen and oxygen atoms in total. The average Bonchev–Trinajstić information content (AvgIpc) is 2.86. The first kappa shape index (κ1) is 25.2. The molecular weight excluding hydrogens is 456 g/mol. The number of benzene rings is 2. The molecule has 0 atom stereocenters. The number of carbonyl (C=O) groups excluding carboxylic acids is 3. The lowest BCUT2D eigenvalue weighted by Gasteiger charge is -2.35. The molecule has 2 aromatic rings. The molecule has 2 fully saturated rings. The summed E-state index contributed by atoms with van der Waals surface area (Å²) in [6, 6.07) is 10.8. The van der Waals surface area contributed by atoms with Gasteiger partial charge in [-0.3, -0.25) is 19.8 Å². The zero-order chi connectivity index (χ0) is 25.7. The maximum absolute atomic E-state index is 13.3. The van der Waals surface area contributed by atoms with Gasteiger partial charge in [-0.25, -0.2) is 4.79 Å². The summed E-state index contributed by atoms with van der Waals surface area (Å²) in [5.41, 5.74) is 3.52. The van der Waals surface area contributed by atoms with Crippen LogP contribution in [0.2, 0.25) is 0 Å². The lowest BCUT2D eigenvalue weighted by atomic mass is 9.93. The molecule has 0 radical (unpaired) electrons. The Hall–Kier alpha value is -3.87. The van der Waals surface area contributed by atoms with Gasteiger partial charge in [-0.1, -0.05) is 55.2 Å². The molecule has 4 rings (SSSR count). The third-order valence-corrected chi connectivity index (χ3v) is 6.59. The lowest BCUT2D eigenvalue weighted by Crippen LogP contribution is -2.58. The third kappa shape index (κ3) is 5.51. The second kappa shape index (κ2) is 11.2. The topological polar surface area (TPSA) is 84.9 Å². The summed E-state index contributed by atoms with van der Waals surface area (Å²) >= 11 is 0. The summed E-state index contributed by atoms with van der Waals surface area (Å²) in [6.45, 7) is 6.24. The van der Waals surface area contributed by atoms with Crippen molar-refractivity contribution in [3.05, 3.63) is 76.9 Å². The number of methoxy groups -OCH3 is 1. The van der Waals surface area contributed by atoms with E-state index in [1.54, 1.807) is 19.3 Å². The van der Waals surface area contributed by atoms with Crippen molar-refractivity contribution < 1.29 is 23.9 Å². The maximum Gasteiger partial charge on any atom is 0.331 e. The Bertz CT molecular complexity index is 1210. The van der Waals surface area contributed by atoms with Gasteiger partial charge in [0.05, 0.1) is 7.11 Å². The van der Waals surface area contributed by atoms with Gasteiger partial charge in [0.25, 0.3) is 11.8 Å². The molecule has 0 bridgehead atoms. The van der Waals surface area contributed by atoms with Gasteiger partial charge >= 0.3 is 6.03 Å². The Morgan fingerprint density at radius 2 is 1.89 bits per heavy atom. The van der Waals surface area contributed by atoms with Crippen LogP contribution in [0.15, 0.2) is 54.6 Å². The summed E-state index contributed by atoms with van der Waals surface area (Å²) in [6.07, 6.45) is 8.29. The average molecular weight is 489 g/mol. The van der Waals surface area contributed by atoms with E-state index >= 15 is 0 Å². The van der Waals surface area contributed by atoms with Crippen molar-refractivity contribution in [2.45, 2.75) is 58.1 Å². The van der Waals surface area contributed by atoms with E-state index in [4.69, 9.17) is 9.47 Å². The molecule has 1 heterocycles. The highest BCUT2D eigenvalue weighted by Gasteiger charge is 2.40. The third-order valence-electron chi connectivity index (χ3n) is 6.59. The zero-order valence-electron chi connectivity index (χ0n) is 20.8. The van der Waals surface area contributed by atoms with Gasteiger partial charge < -0.3 is 9.47 Å². The van der Waals surface area contributed by atoms with E-state index in [1.165, 1.54) is 11.0 Å². The number of urea groups is 1. The van der Waals surface area contributed by atoms with Crippen LogP contribution in [0.1, 0.15) is 54.4 Å². The second-order valence-electron chi connectivity index (χ2n) is 9.27. The first-order valence-electron chi connectivity index (χ1n) is 12.3. The number of hydrogen-bond acceptors (Lipinski definition) is 5. The van der Waals surface area contributed by atoms with Crippen LogP contribution < -0.4 is 14.8 Å². The zero-order valence-corrected chi connectivity index (χ0v) is 20.8. The SMILES string of the molecule is C=CCc1cc(C=C2C(=O)NC(=O)N(C3CCCCC3)C2=O)cc(OC)c1OCc1cccc(C)c1. The van der Waals surface area contributed by atoms with Crippen molar-refractivity contribution in [1.82, 2.24) is 10.2 Å². The summed E-state index contributed by atoms with van der Waals surface area (Å²) in [4.78, 5) is 39.6. The Morgan fingerprint density at radius 3 is 2.58 bits per heavy atom. The smallest absolute Gasteiger partial charge is 0.331 e. The van der Waals surface area contributed by atoms with Crippen LogP contribution in [-0.2, 0) is 22.6 Å². The molecule has 0 unspecified atom stereocenters. The number of nitrogens with zero attached hydrogens (tertiary/aromatic N) is 1. The maximum atomic E-state index is 13.3. The summed E-state index contributed by atoms with van der Waals surface area (Å²) in [5.74, 6) is -0.182. The van der Waals surface area contributed by atoms with Crippen LogP contribution in [0.4, 0.5) is 4.79 Å². The molecule has 2 aromatic carbocycles. The molecular formula is C29H32N2O5. The highest BCUT2D eigenvalue weighted by Crippen LogP contribution is 2.35. The molecule has 7 heteroatoms. The van der Waals surface area contributed by atoms with E-state index in [9.17, 15) is 14.4 Å². The standard InChI is InChI=1S/C29H32N2O5/c1-4-9-22-15-21(17-25(35-3)26(22)36-18-20-11-8-10-19(2)14-20)16-24-27(32)30-29(34)31(28(24)33)23-12-6-5-7-13-23/h4,8,10-11,14-17,23H,1,5-7,9,12-13,18H2,2-3H3,(H,30,32,34). The van der Waals surface area contributed by atoms with Crippen molar-refractivity contribution in [2.24, 2.45) is 0 Å². The van der Waals surface area contributed by atoms with Crippen molar-refractivity contribution in [3.8, 4) is 11.5 Å². The minimum absolute atomic E-state index is 0.0693. The molecule has 4 amide bonds. The number of amides is 4. The number of barbiturate groups is 1. The molecule has 1 aliphatic carbocycles. The fraction of sp³-hybridized carbons (Fsp3) is 0.345. The van der Waals surface area contributed by atoms with Crippen LogP contribution in [0.3, 0.4) is 0 Å². The highest BCUT2D eigenvalue weighted by molar-refractivity contribution is 6.31. The predicted molar refractivity (Wildman–Crippen MR) is 138 cm³/mol. The minimum atomic E-state index is -0.693. The first-order chi connectivity index (χ1) is 17.4. The van der Waals surface area contributed by atoms with E-state index < -0.39 is 17.8 Å². The van der Waals surface area contributed by atoms with Gasteiger partial charge in [-0.15, -0.1) is 6.58 Å². The number of carbonyl (C=O) groups is 3. The molecule has 0 spiro atoms. The van der Waals surface area contributed by atoms with E-state index in [-0.39, 0.29) is 11.6 Å². The van der Waals surface area contributed by atoms with Gasteiger partial charge in [0, 0.05) is 11.6 Å². The van der Waals surface area contributed by atoms with E-state index in [0.29, 0.717) is 30.1 Å².